The van der Waals surface area contributed by atoms with Gasteiger partial charge in [0.25, 0.3) is 0 Å². The number of rotatable bonds is 4. The zero-order valence-electron chi connectivity index (χ0n) is 10.4. The van der Waals surface area contributed by atoms with Gasteiger partial charge in [-0.05, 0) is 26.3 Å². The molecular weight excluding hydrogens is 214 g/mol. The van der Waals surface area contributed by atoms with Crippen molar-refractivity contribution < 1.29 is 0 Å². The van der Waals surface area contributed by atoms with E-state index in [1.807, 2.05) is 6.92 Å². The van der Waals surface area contributed by atoms with Crippen LogP contribution in [-0.4, -0.2) is 20.6 Å². The molecule has 17 heavy (non-hydrogen) atoms. The molecule has 2 N–H and O–H groups in total. The molecule has 0 aliphatic heterocycles. The first kappa shape index (κ1) is 11.7. The van der Waals surface area contributed by atoms with Crippen molar-refractivity contribution in [1.82, 2.24) is 25.9 Å². The van der Waals surface area contributed by atoms with Crippen molar-refractivity contribution in [3.05, 3.63) is 40.7 Å². The Morgan fingerprint density at radius 3 is 2.53 bits per heavy atom. The van der Waals surface area contributed by atoms with Crippen molar-refractivity contribution in [2.45, 2.75) is 33.4 Å². The summed E-state index contributed by atoms with van der Waals surface area (Å²) in [7, 11) is 0. The van der Waals surface area contributed by atoms with Gasteiger partial charge in [-0.1, -0.05) is 34.5 Å². The van der Waals surface area contributed by atoms with Crippen LogP contribution in [0.2, 0.25) is 0 Å². The summed E-state index contributed by atoms with van der Waals surface area (Å²) < 4.78 is 0. The summed E-state index contributed by atoms with van der Waals surface area (Å²) in [5.74, 6) is 0.689. The summed E-state index contributed by atoms with van der Waals surface area (Å²) in [6, 6.07) is 6.63. The number of nitrogens with zero attached hydrogens (tertiary/aromatic N) is 3. The van der Waals surface area contributed by atoms with Gasteiger partial charge in [-0.25, -0.2) is 0 Å². The summed E-state index contributed by atoms with van der Waals surface area (Å²) in [5.41, 5.74) is 3.85. The third-order valence-electron chi connectivity index (χ3n) is 2.64. The number of nitrogens with one attached hydrogen (secondary N) is 2. The number of H-pyrrole nitrogens is 1. The molecule has 2 aromatic rings. The topological polar surface area (TPSA) is 66.5 Å². The van der Waals surface area contributed by atoms with E-state index in [0.29, 0.717) is 5.82 Å². The fourth-order valence-electron chi connectivity index (χ4n) is 1.89. The van der Waals surface area contributed by atoms with Crippen LogP contribution in [-0.2, 0) is 6.54 Å². The molecule has 0 aliphatic rings. The minimum Gasteiger partial charge on any atom is -0.303 e. The lowest BCUT2D eigenvalue weighted by Crippen LogP contribution is -2.19. The van der Waals surface area contributed by atoms with Crippen molar-refractivity contribution in [2.24, 2.45) is 0 Å². The Hall–Kier alpha value is -1.75. The first-order valence-electron chi connectivity index (χ1n) is 5.69. The monoisotopic (exact) mass is 231 g/mol. The second-order valence-electron chi connectivity index (χ2n) is 4.37. The largest absolute Gasteiger partial charge is 0.303 e. The van der Waals surface area contributed by atoms with Gasteiger partial charge in [0.05, 0.1) is 6.04 Å². The van der Waals surface area contributed by atoms with Gasteiger partial charge in [0.15, 0.2) is 5.82 Å². The molecule has 0 saturated carbocycles. The van der Waals surface area contributed by atoms with E-state index < -0.39 is 0 Å². The smallest absolute Gasteiger partial charge is 0.191 e. The number of aryl methyl sites for hydroxylation is 2. The summed E-state index contributed by atoms with van der Waals surface area (Å²) in [4.78, 5) is 0. The number of hydrogen-bond donors (Lipinski definition) is 2. The third-order valence-corrected chi connectivity index (χ3v) is 2.64. The molecule has 1 heterocycles. The van der Waals surface area contributed by atoms with E-state index >= 15 is 0 Å². The molecule has 0 bridgehead atoms. The predicted molar refractivity (Wildman–Crippen MR) is 65.3 cm³/mol. The molecule has 0 fully saturated rings. The fourth-order valence-corrected chi connectivity index (χ4v) is 1.89. The van der Waals surface area contributed by atoms with Gasteiger partial charge in [-0.2, -0.15) is 5.21 Å². The zero-order valence-corrected chi connectivity index (χ0v) is 10.4. The number of tetrazole rings is 1. The van der Waals surface area contributed by atoms with E-state index in [2.05, 4.69) is 58.0 Å². The number of aromatic nitrogens is 4. The Morgan fingerprint density at radius 2 is 1.94 bits per heavy atom. The maximum absolute atomic E-state index is 3.95. The van der Waals surface area contributed by atoms with Crippen molar-refractivity contribution in [2.75, 3.05) is 0 Å². The van der Waals surface area contributed by atoms with Gasteiger partial charge in [0, 0.05) is 6.54 Å². The van der Waals surface area contributed by atoms with Gasteiger partial charge in [0.2, 0.25) is 0 Å². The van der Waals surface area contributed by atoms with Gasteiger partial charge in [-0.15, -0.1) is 10.2 Å². The Bertz CT molecular complexity index is 457. The molecular formula is C12H17N5. The first-order valence-corrected chi connectivity index (χ1v) is 5.69. The normalized spacial score (nSPS) is 12.6. The molecule has 1 unspecified atom stereocenters. The lowest BCUT2D eigenvalue weighted by atomic mass is 10.1. The van der Waals surface area contributed by atoms with E-state index in [1.54, 1.807) is 0 Å². The van der Waals surface area contributed by atoms with Crippen molar-refractivity contribution in [1.29, 1.82) is 0 Å². The van der Waals surface area contributed by atoms with Crippen LogP contribution in [0.4, 0.5) is 0 Å². The average molecular weight is 231 g/mol. The Kier molecular flexibility index (Phi) is 3.49. The van der Waals surface area contributed by atoms with E-state index in [-0.39, 0.29) is 6.04 Å². The molecule has 90 valence electrons. The molecule has 2 rings (SSSR count). The van der Waals surface area contributed by atoms with Crippen LogP contribution >= 0.6 is 0 Å². The standard InChI is InChI=1S/C12H17N5/c1-8-4-9(2)6-11(5-8)7-13-10(3)12-14-16-17-15-12/h4-6,10,13H,7H2,1-3H3,(H,14,15,16,17). The van der Waals surface area contributed by atoms with Crippen LogP contribution in [0.5, 0.6) is 0 Å². The van der Waals surface area contributed by atoms with Crippen LogP contribution in [0.1, 0.15) is 35.5 Å². The summed E-state index contributed by atoms with van der Waals surface area (Å²) in [5, 5.41) is 17.3. The lowest BCUT2D eigenvalue weighted by molar-refractivity contribution is 0.546. The number of hydrogen-bond acceptors (Lipinski definition) is 4. The number of aromatic amines is 1. The minimum absolute atomic E-state index is 0.0922. The van der Waals surface area contributed by atoms with Crippen LogP contribution in [0.3, 0.4) is 0 Å². The maximum Gasteiger partial charge on any atom is 0.191 e. The maximum atomic E-state index is 3.95. The molecule has 0 radical (unpaired) electrons. The molecule has 0 saturated heterocycles. The van der Waals surface area contributed by atoms with Gasteiger partial charge < -0.3 is 5.32 Å². The quantitative estimate of drug-likeness (QED) is 0.840. The number of benzene rings is 1. The molecule has 1 aromatic heterocycles. The first-order chi connectivity index (χ1) is 8.15. The molecule has 5 nitrogen and oxygen atoms in total. The van der Waals surface area contributed by atoms with Crippen molar-refractivity contribution in [3.63, 3.8) is 0 Å². The highest BCUT2D eigenvalue weighted by Gasteiger charge is 2.09. The summed E-state index contributed by atoms with van der Waals surface area (Å²) >= 11 is 0. The second-order valence-corrected chi connectivity index (χ2v) is 4.37. The fraction of sp³-hybridized carbons (Fsp3) is 0.417. The highest BCUT2D eigenvalue weighted by atomic mass is 15.5. The molecule has 1 aromatic carbocycles. The van der Waals surface area contributed by atoms with E-state index in [9.17, 15) is 0 Å². The predicted octanol–water partition coefficient (Wildman–Crippen LogP) is 1.67. The van der Waals surface area contributed by atoms with Gasteiger partial charge in [0.1, 0.15) is 0 Å². The zero-order chi connectivity index (χ0) is 12.3. The molecule has 5 heteroatoms. The van der Waals surface area contributed by atoms with Crippen LogP contribution < -0.4 is 5.32 Å². The van der Waals surface area contributed by atoms with Crippen LogP contribution in [0.15, 0.2) is 18.2 Å². The van der Waals surface area contributed by atoms with Crippen LogP contribution in [0, 0.1) is 13.8 Å². The Balaban J connectivity index is 1.98. The van der Waals surface area contributed by atoms with E-state index in [4.69, 9.17) is 0 Å². The second kappa shape index (κ2) is 5.05. The van der Waals surface area contributed by atoms with Crippen molar-refractivity contribution >= 4 is 0 Å². The average Bonchev–Trinajstić information content (AvgIpc) is 2.78. The van der Waals surface area contributed by atoms with Crippen molar-refractivity contribution in [3.8, 4) is 0 Å². The molecule has 0 aliphatic carbocycles. The molecule has 0 amide bonds. The molecule has 1 atom stereocenters. The highest BCUT2D eigenvalue weighted by molar-refractivity contribution is 5.28. The summed E-state index contributed by atoms with van der Waals surface area (Å²) in [6.45, 7) is 7.05. The SMILES string of the molecule is Cc1cc(C)cc(CNC(C)c2nn[nH]n2)c1. The van der Waals surface area contributed by atoms with Gasteiger partial charge in [-0.3, -0.25) is 0 Å². The van der Waals surface area contributed by atoms with E-state index in [0.717, 1.165) is 6.54 Å². The highest BCUT2D eigenvalue weighted by Crippen LogP contribution is 2.10. The van der Waals surface area contributed by atoms with Gasteiger partial charge >= 0.3 is 0 Å². The summed E-state index contributed by atoms with van der Waals surface area (Å²) in [6.07, 6.45) is 0. The minimum atomic E-state index is 0.0922. The van der Waals surface area contributed by atoms with E-state index in [1.165, 1.54) is 16.7 Å². The van der Waals surface area contributed by atoms with Crippen LogP contribution in [0.25, 0.3) is 0 Å². The molecule has 0 spiro atoms. The third kappa shape index (κ3) is 3.10. The Labute approximate surface area is 101 Å². The lowest BCUT2D eigenvalue weighted by Gasteiger charge is -2.11. The Morgan fingerprint density at radius 1 is 1.24 bits per heavy atom.